The summed E-state index contributed by atoms with van der Waals surface area (Å²) in [6, 6.07) is 10.5. The number of carbonyl (C=O) groups is 1. The predicted octanol–water partition coefficient (Wildman–Crippen LogP) is 3.40. The predicted molar refractivity (Wildman–Crippen MR) is 104 cm³/mol. The van der Waals surface area contributed by atoms with Gasteiger partial charge in [0, 0.05) is 54.0 Å². The Hall–Kier alpha value is -0.660. The number of carbonyl (C=O) groups excluding carboxylic acids is 1. The molecule has 2 aliphatic heterocycles. The number of benzene rings is 1. The van der Waals surface area contributed by atoms with Crippen LogP contribution in [0, 0.1) is 10.8 Å². The quantitative estimate of drug-likeness (QED) is 0.390. The molecular weight excluding hydrogens is 427 g/mol. The maximum absolute atomic E-state index is 12.6. The van der Waals surface area contributed by atoms with E-state index in [1.165, 1.54) is 45.3 Å². The molecule has 2 aliphatic carbocycles. The molecule has 5 rings (SSSR count). The lowest BCUT2D eigenvalue weighted by Crippen LogP contribution is -2.60. The van der Waals surface area contributed by atoms with Crippen LogP contribution in [-0.4, -0.2) is 45.7 Å². The van der Waals surface area contributed by atoms with Gasteiger partial charge in [0.1, 0.15) is 12.6 Å². The fraction of sp³-hybridized carbons (Fsp3) is 0.650. The first-order chi connectivity index (χ1) is 12.1. The van der Waals surface area contributed by atoms with Crippen LogP contribution in [0.25, 0.3) is 0 Å². The highest BCUT2D eigenvalue weighted by Crippen LogP contribution is 2.62. The summed E-state index contributed by atoms with van der Waals surface area (Å²) in [6.45, 7) is 4.16. The van der Waals surface area contributed by atoms with E-state index in [1.807, 2.05) is 30.3 Å². The van der Waals surface area contributed by atoms with Crippen molar-refractivity contribution >= 4 is 28.8 Å². The molecule has 5 heteroatoms. The summed E-state index contributed by atoms with van der Waals surface area (Å²) in [5.41, 5.74) is 2.10. The lowest BCUT2D eigenvalue weighted by Gasteiger charge is -2.57. The van der Waals surface area contributed by atoms with Gasteiger partial charge in [-0.15, -0.1) is 0 Å². The SMILES string of the molecule is O=C(OCc1ccccc1)C1C[C@@]2(CN3CC4(CCC4)C3)C[C@H]2N1I. The molecule has 1 aromatic carbocycles. The number of hydrogen-bond acceptors (Lipinski definition) is 4. The number of piperidine rings is 1. The zero-order valence-electron chi connectivity index (χ0n) is 14.5. The molecule has 2 saturated heterocycles. The zero-order valence-corrected chi connectivity index (χ0v) is 16.7. The molecule has 0 radical (unpaired) electrons. The second kappa shape index (κ2) is 5.92. The maximum atomic E-state index is 12.6. The highest BCUT2D eigenvalue weighted by Gasteiger charge is 2.67. The van der Waals surface area contributed by atoms with Gasteiger partial charge in [-0.1, -0.05) is 36.8 Å². The van der Waals surface area contributed by atoms with Gasteiger partial charge in [0.05, 0.1) is 0 Å². The molecule has 0 amide bonds. The second-order valence-electron chi connectivity index (χ2n) is 8.74. The molecule has 0 bridgehead atoms. The third kappa shape index (κ3) is 2.82. The molecule has 0 aromatic heterocycles. The van der Waals surface area contributed by atoms with E-state index >= 15 is 0 Å². The Kier molecular flexibility index (Phi) is 3.91. The Balaban J connectivity index is 1.15. The van der Waals surface area contributed by atoms with Crippen LogP contribution in [0.4, 0.5) is 0 Å². The molecule has 25 heavy (non-hydrogen) atoms. The fourth-order valence-corrected chi connectivity index (χ4v) is 6.49. The van der Waals surface area contributed by atoms with Gasteiger partial charge >= 0.3 is 5.97 Å². The number of hydrogen-bond donors (Lipinski definition) is 0. The highest BCUT2D eigenvalue weighted by atomic mass is 127. The molecule has 2 heterocycles. The van der Waals surface area contributed by atoms with E-state index < -0.39 is 0 Å². The minimum Gasteiger partial charge on any atom is -0.460 e. The summed E-state index contributed by atoms with van der Waals surface area (Å²) in [5.74, 6) is -0.0519. The highest BCUT2D eigenvalue weighted by molar-refractivity contribution is 14.1. The van der Waals surface area contributed by atoms with Gasteiger partial charge in [-0.25, -0.2) is 3.11 Å². The average molecular weight is 452 g/mol. The van der Waals surface area contributed by atoms with Crippen LogP contribution in [0.2, 0.25) is 0 Å². The van der Waals surface area contributed by atoms with E-state index in [0.29, 0.717) is 23.5 Å². The number of halogens is 1. The number of rotatable bonds is 5. The minimum absolute atomic E-state index is 0.0519. The standard InChI is InChI=1S/C20H25IN2O2/c21-23-16(18(24)25-11-15-5-2-1-3-6-15)9-20(10-17(20)23)14-22-12-19(13-22)7-4-8-19/h1-3,5-6,16-17H,4,7-14H2/t16?,17-,20+/m1/s1. The molecule has 0 N–H and O–H groups in total. The first-order valence-electron chi connectivity index (χ1n) is 9.46. The topological polar surface area (TPSA) is 32.8 Å². The van der Waals surface area contributed by atoms with Crippen molar-refractivity contribution in [3.8, 4) is 0 Å². The summed E-state index contributed by atoms with van der Waals surface area (Å²) in [4.78, 5) is 15.2. The lowest BCUT2D eigenvalue weighted by atomic mass is 9.63. The van der Waals surface area contributed by atoms with Gasteiger partial charge < -0.3 is 9.64 Å². The van der Waals surface area contributed by atoms with Gasteiger partial charge in [0.15, 0.2) is 0 Å². The Morgan fingerprint density at radius 1 is 1.20 bits per heavy atom. The number of likely N-dealkylation sites (tertiary alicyclic amines) is 1. The Bertz CT molecular complexity index is 670. The second-order valence-corrected chi connectivity index (χ2v) is 9.85. The van der Waals surface area contributed by atoms with Crippen molar-refractivity contribution in [2.75, 3.05) is 19.6 Å². The van der Waals surface area contributed by atoms with Crippen LogP contribution < -0.4 is 0 Å². The molecule has 4 aliphatic rings. The van der Waals surface area contributed by atoms with E-state index in [9.17, 15) is 4.79 Å². The van der Waals surface area contributed by atoms with Crippen LogP contribution >= 0.6 is 22.9 Å². The zero-order chi connectivity index (χ0) is 17.1. The van der Waals surface area contributed by atoms with Crippen LogP contribution in [0.3, 0.4) is 0 Å². The van der Waals surface area contributed by atoms with E-state index in [0.717, 1.165) is 12.0 Å². The van der Waals surface area contributed by atoms with Crippen molar-refractivity contribution in [1.82, 2.24) is 8.01 Å². The largest absolute Gasteiger partial charge is 0.460 e. The van der Waals surface area contributed by atoms with Crippen LogP contribution in [0.1, 0.15) is 37.7 Å². The first-order valence-corrected chi connectivity index (χ1v) is 10.4. The smallest absolute Gasteiger partial charge is 0.324 e. The molecular formula is C20H25IN2O2. The van der Waals surface area contributed by atoms with Gasteiger partial charge in [0.2, 0.25) is 0 Å². The van der Waals surface area contributed by atoms with Crippen molar-refractivity contribution in [2.45, 2.75) is 50.8 Å². The fourth-order valence-electron chi connectivity index (χ4n) is 5.28. The van der Waals surface area contributed by atoms with Crippen LogP contribution in [-0.2, 0) is 16.1 Å². The number of esters is 1. The van der Waals surface area contributed by atoms with Gasteiger partial charge in [0.25, 0.3) is 0 Å². The third-order valence-electron chi connectivity index (χ3n) is 6.91. The third-order valence-corrected chi connectivity index (χ3v) is 8.25. The molecule has 4 fully saturated rings. The molecule has 134 valence electrons. The molecule has 4 nitrogen and oxygen atoms in total. The number of ether oxygens (including phenoxy) is 1. The summed E-state index contributed by atoms with van der Waals surface area (Å²) >= 11 is 2.36. The Morgan fingerprint density at radius 3 is 2.64 bits per heavy atom. The van der Waals surface area contributed by atoms with Gasteiger partial charge in [-0.2, -0.15) is 0 Å². The van der Waals surface area contributed by atoms with Gasteiger partial charge in [-0.3, -0.25) is 4.79 Å². The minimum atomic E-state index is -0.0676. The van der Waals surface area contributed by atoms with Crippen molar-refractivity contribution in [3.05, 3.63) is 35.9 Å². The van der Waals surface area contributed by atoms with E-state index in [-0.39, 0.29) is 12.0 Å². The van der Waals surface area contributed by atoms with Crippen molar-refractivity contribution < 1.29 is 9.53 Å². The maximum Gasteiger partial charge on any atom is 0.324 e. The molecule has 1 aromatic rings. The summed E-state index contributed by atoms with van der Waals surface area (Å²) in [7, 11) is 0. The number of nitrogens with zero attached hydrogens (tertiary/aromatic N) is 2. The molecule has 1 unspecified atom stereocenters. The van der Waals surface area contributed by atoms with Crippen molar-refractivity contribution in [2.24, 2.45) is 10.8 Å². The molecule has 3 atom stereocenters. The summed E-state index contributed by atoms with van der Waals surface area (Å²) in [6.07, 6.45) is 6.53. The van der Waals surface area contributed by atoms with Crippen molar-refractivity contribution in [3.63, 3.8) is 0 Å². The molecule has 2 saturated carbocycles. The summed E-state index contributed by atoms with van der Waals surface area (Å²) in [5, 5.41) is 0. The summed E-state index contributed by atoms with van der Waals surface area (Å²) < 4.78 is 7.86. The Labute approximate surface area is 163 Å². The average Bonchev–Trinajstić information content (AvgIpc) is 3.19. The first kappa shape index (κ1) is 16.5. The van der Waals surface area contributed by atoms with E-state index in [1.54, 1.807) is 0 Å². The van der Waals surface area contributed by atoms with Crippen molar-refractivity contribution in [1.29, 1.82) is 0 Å². The van der Waals surface area contributed by atoms with Crippen LogP contribution in [0.15, 0.2) is 30.3 Å². The monoisotopic (exact) mass is 452 g/mol. The normalized spacial score (nSPS) is 35.7. The van der Waals surface area contributed by atoms with E-state index in [4.69, 9.17) is 4.74 Å². The van der Waals surface area contributed by atoms with Gasteiger partial charge in [-0.05, 0) is 36.7 Å². The number of fused-ring (bicyclic) bond motifs is 1. The molecule has 1 spiro atoms. The lowest BCUT2D eigenvalue weighted by molar-refractivity contribution is -0.149. The van der Waals surface area contributed by atoms with Crippen LogP contribution in [0.5, 0.6) is 0 Å². The van der Waals surface area contributed by atoms with E-state index in [2.05, 4.69) is 30.9 Å². The Morgan fingerprint density at radius 2 is 1.96 bits per heavy atom.